The van der Waals surface area contributed by atoms with Gasteiger partial charge in [-0.2, -0.15) is 0 Å². The standard InChI is InChI=1S/C14H30O5Si/c1-13(2,3)20(6,7)17-9-10(16)12-11(8-15)18-14(4,5)19-12/h10-12,15-16H,8-9H2,1-7H3/t10-,11?,12?/m0/s1. The lowest BCUT2D eigenvalue weighted by atomic mass is 10.1. The Morgan fingerprint density at radius 1 is 1.25 bits per heavy atom. The van der Waals surface area contributed by atoms with Crippen LogP contribution in [-0.4, -0.2) is 55.8 Å². The van der Waals surface area contributed by atoms with Crippen molar-refractivity contribution in [3.8, 4) is 0 Å². The zero-order valence-corrected chi connectivity index (χ0v) is 14.8. The Kier molecular flexibility index (Phi) is 5.44. The van der Waals surface area contributed by atoms with Crippen LogP contribution in [-0.2, 0) is 13.9 Å². The van der Waals surface area contributed by atoms with Gasteiger partial charge in [-0.1, -0.05) is 20.8 Å². The summed E-state index contributed by atoms with van der Waals surface area (Å²) in [6, 6.07) is 0. The molecule has 20 heavy (non-hydrogen) atoms. The van der Waals surface area contributed by atoms with Gasteiger partial charge in [0.2, 0.25) is 0 Å². The van der Waals surface area contributed by atoms with E-state index in [1.807, 2.05) is 0 Å². The molecule has 0 aromatic heterocycles. The van der Waals surface area contributed by atoms with Crippen molar-refractivity contribution >= 4 is 8.32 Å². The molecule has 0 spiro atoms. The molecule has 1 heterocycles. The van der Waals surface area contributed by atoms with Crippen molar-refractivity contribution in [3.05, 3.63) is 0 Å². The van der Waals surface area contributed by atoms with E-state index in [1.54, 1.807) is 13.8 Å². The van der Waals surface area contributed by atoms with Crippen molar-refractivity contribution in [1.29, 1.82) is 0 Å². The van der Waals surface area contributed by atoms with Gasteiger partial charge in [0, 0.05) is 0 Å². The van der Waals surface area contributed by atoms with Crippen LogP contribution in [0.5, 0.6) is 0 Å². The minimum absolute atomic E-state index is 0.0927. The van der Waals surface area contributed by atoms with E-state index in [0.717, 1.165) is 0 Å². The predicted molar refractivity (Wildman–Crippen MR) is 80.1 cm³/mol. The molecule has 1 aliphatic rings. The average molecular weight is 306 g/mol. The molecule has 0 aromatic rings. The normalized spacial score (nSPS) is 28.6. The third-order valence-electron chi connectivity index (χ3n) is 4.20. The largest absolute Gasteiger partial charge is 0.414 e. The Bertz CT molecular complexity index is 324. The molecule has 0 aliphatic carbocycles. The third kappa shape index (κ3) is 4.25. The van der Waals surface area contributed by atoms with E-state index in [2.05, 4.69) is 33.9 Å². The summed E-state index contributed by atoms with van der Waals surface area (Å²) in [6.07, 6.45) is -1.87. The van der Waals surface area contributed by atoms with E-state index in [4.69, 9.17) is 13.9 Å². The van der Waals surface area contributed by atoms with Gasteiger partial charge >= 0.3 is 0 Å². The van der Waals surface area contributed by atoms with Gasteiger partial charge in [-0.25, -0.2) is 0 Å². The van der Waals surface area contributed by atoms with E-state index >= 15 is 0 Å². The first kappa shape index (κ1) is 18.1. The average Bonchev–Trinajstić information content (AvgIpc) is 2.60. The van der Waals surface area contributed by atoms with Crippen molar-refractivity contribution in [2.45, 2.75) is 76.8 Å². The smallest absolute Gasteiger partial charge is 0.192 e. The Balaban J connectivity index is 2.61. The Morgan fingerprint density at radius 3 is 2.25 bits per heavy atom. The van der Waals surface area contributed by atoms with Crippen LogP contribution in [0.1, 0.15) is 34.6 Å². The molecule has 0 radical (unpaired) electrons. The van der Waals surface area contributed by atoms with Crippen LogP contribution in [0.2, 0.25) is 18.1 Å². The summed E-state index contributed by atoms with van der Waals surface area (Å²) < 4.78 is 17.2. The highest BCUT2D eigenvalue weighted by Gasteiger charge is 2.45. The summed E-state index contributed by atoms with van der Waals surface area (Å²) >= 11 is 0. The number of rotatable bonds is 5. The maximum atomic E-state index is 10.3. The molecule has 1 rings (SSSR count). The summed E-state index contributed by atoms with van der Waals surface area (Å²) in [5, 5.41) is 19.7. The Morgan fingerprint density at radius 2 is 1.80 bits per heavy atom. The topological polar surface area (TPSA) is 68.2 Å². The molecule has 1 saturated heterocycles. The summed E-state index contributed by atoms with van der Waals surface area (Å²) in [4.78, 5) is 0. The lowest BCUT2D eigenvalue weighted by Crippen LogP contribution is -2.46. The zero-order chi connectivity index (χ0) is 15.8. The predicted octanol–water partition coefficient (Wildman–Crippen LogP) is 1.88. The molecule has 0 aromatic carbocycles. The molecule has 3 atom stereocenters. The van der Waals surface area contributed by atoms with Gasteiger partial charge < -0.3 is 24.1 Å². The van der Waals surface area contributed by atoms with Crippen LogP contribution in [0.25, 0.3) is 0 Å². The third-order valence-corrected chi connectivity index (χ3v) is 8.70. The minimum Gasteiger partial charge on any atom is -0.414 e. The van der Waals surface area contributed by atoms with Crippen LogP contribution in [0.15, 0.2) is 0 Å². The molecule has 2 unspecified atom stereocenters. The highest BCUT2D eigenvalue weighted by atomic mass is 28.4. The summed E-state index contributed by atoms with van der Waals surface area (Å²) in [6.45, 7) is 14.3. The molecular weight excluding hydrogens is 276 g/mol. The van der Waals surface area contributed by atoms with Crippen molar-refractivity contribution in [1.82, 2.24) is 0 Å². The number of hydrogen-bond acceptors (Lipinski definition) is 5. The maximum Gasteiger partial charge on any atom is 0.192 e. The zero-order valence-electron chi connectivity index (χ0n) is 13.8. The fourth-order valence-electron chi connectivity index (χ4n) is 1.94. The van der Waals surface area contributed by atoms with Crippen LogP contribution >= 0.6 is 0 Å². The second-order valence-electron chi connectivity index (χ2n) is 7.46. The van der Waals surface area contributed by atoms with Gasteiger partial charge in [-0.3, -0.25) is 0 Å². The quantitative estimate of drug-likeness (QED) is 0.759. The highest BCUT2D eigenvalue weighted by molar-refractivity contribution is 6.74. The van der Waals surface area contributed by atoms with Gasteiger partial charge in [0.25, 0.3) is 0 Å². The molecule has 0 saturated carbocycles. The van der Waals surface area contributed by atoms with Gasteiger partial charge in [0.05, 0.1) is 13.2 Å². The van der Waals surface area contributed by atoms with Crippen molar-refractivity contribution in [3.63, 3.8) is 0 Å². The lowest BCUT2D eigenvalue weighted by Gasteiger charge is -2.37. The molecule has 1 aliphatic heterocycles. The first-order valence-electron chi connectivity index (χ1n) is 7.18. The summed E-state index contributed by atoms with van der Waals surface area (Å²) in [7, 11) is -1.91. The first-order valence-corrected chi connectivity index (χ1v) is 10.1. The van der Waals surface area contributed by atoms with Gasteiger partial charge in [0.1, 0.15) is 18.3 Å². The van der Waals surface area contributed by atoms with E-state index in [0.29, 0.717) is 0 Å². The fraction of sp³-hybridized carbons (Fsp3) is 1.00. The molecule has 0 bridgehead atoms. The molecule has 120 valence electrons. The molecule has 6 heteroatoms. The number of ether oxygens (including phenoxy) is 2. The molecule has 0 amide bonds. The highest BCUT2D eigenvalue weighted by Crippen LogP contribution is 2.37. The van der Waals surface area contributed by atoms with Crippen LogP contribution < -0.4 is 0 Å². The van der Waals surface area contributed by atoms with E-state index < -0.39 is 32.4 Å². The van der Waals surface area contributed by atoms with Gasteiger partial charge in [0.15, 0.2) is 14.1 Å². The number of aliphatic hydroxyl groups is 2. The Hall–Kier alpha value is 0.0169. The van der Waals surface area contributed by atoms with Gasteiger partial charge in [-0.15, -0.1) is 0 Å². The molecule has 2 N–H and O–H groups in total. The van der Waals surface area contributed by atoms with E-state index in [1.165, 1.54) is 0 Å². The van der Waals surface area contributed by atoms with Gasteiger partial charge in [-0.05, 0) is 32.0 Å². The SMILES string of the molecule is CC1(C)OC(CO)C([C@@H](O)CO[Si](C)(C)C(C)(C)C)O1. The van der Waals surface area contributed by atoms with Crippen LogP contribution in [0.3, 0.4) is 0 Å². The first-order chi connectivity index (χ1) is 8.89. The number of hydrogen-bond donors (Lipinski definition) is 2. The van der Waals surface area contributed by atoms with Crippen LogP contribution in [0, 0.1) is 0 Å². The summed E-state index contributed by atoms with van der Waals surface area (Å²) in [5.41, 5.74) is 0. The van der Waals surface area contributed by atoms with Crippen molar-refractivity contribution in [2.75, 3.05) is 13.2 Å². The van der Waals surface area contributed by atoms with E-state index in [-0.39, 0.29) is 18.3 Å². The lowest BCUT2D eigenvalue weighted by molar-refractivity contribution is -0.158. The van der Waals surface area contributed by atoms with Crippen LogP contribution in [0.4, 0.5) is 0 Å². The number of aliphatic hydroxyl groups excluding tert-OH is 2. The molecule has 1 fully saturated rings. The molecule has 5 nitrogen and oxygen atoms in total. The summed E-state index contributed by atoms with van der Waals surface area (Å²) in [5.74, 6) is -0.782. The van der Waals surface area contributed by atoms with Crippen molar-refractivity contribution in [2.24, 2.45) is 0 Å². The minimum atomic E-state index is -1.91. The van der Waals surface area contributed by atoms with Crippen molar-refractivity contribution < 1.29 is 24.1 Å². The Labute approximate surface area is 123 Å². The maximum absolute atomic E-state index is 10.3. The molecular formula is C14H30O5Si. The second kappa shape index (κ2) is 6.02. The second-order valence-corrected chi connectivity index (χ2v) is 12.3. The van der Waals surface area contributed by atoms with E-state index in [9.17, 15) is 10.2 Å². The monoisotopic (exact) mass is 306 g/mol. The fourth-order valence-corrected chi connectivity index (χ4v) is 2.96.